The number of anilines is 1. The van der Waals surface area contributed by atoms with Crippen molar-refractivity contribution in [2.45, 2.75) is 52.0 Å². The van der Waals surface area contributed by atoms with E-state index in [1.54, 1.807) is 0 Å². The summed E-state index contributed by atoms with van der Waals surface area (Å²) in [5.74, 6) is 0.829. The predicted octanol–water partition coefficient (Wildman–Crippen LogP) is 3.94. The van der Waals surface area contributed by atoms with Crippen LogP contribution in [0, 0.1) is 5.92 Å². The number of imide groups is 1. The Kier molecular flexibility index (Phi) is 4.79. The normalized spacial score (nSPS) is 23.2. The number of fused-ring (bicyclic) bond motifs is 1. The van der Waals surface area contributed by atoms with Gasteiger partial charge in [0.1, 0.15) is 11.9 Å². The van der Waals surface area contributed by atoms with Crippen LogP contribution in [0.4, 0.5) is 11.4 Å². The standard InChI is InChI=1S/C22H26N4O2/c1-4-6-18-21-16(23-13(2)15-9-10-15)7-5-8-17(21)24-14(3)26(18)19-11-12-20(27)25-22(19)28/h5-8,15,19,23H,2,4,9-12H2,1,3H3,(H,25,27,28)/b18-6+. The van der Waals surface area contributed by atoms with E-state index in [-0.39, 0.29) is 11.8 Å². The molecule has 0 aromatic heterocycles. The molecule has 2 heterocycles. The second kappa shape index (κ2) is 7.26. The molecule has 6 heteroatoms. The molecule has 2 aliphatic heterocycles. The van der Waals surface area contributed by atoms with Crippen molar-refractivity contribution >= 4 is 34.7 Å². The number of nitrogens with one attached hydrogen (secondary N) is 2. The molecule has 2 amide bonds. The summed E-state index contributed by atoms with van der Waals surface area (Å²) in [4.78, 5) is 31.0. The van der Waals surface area contributed by atoms with Crippen LogP contribution in [0.3, 0.4) is 0 Å². The van der Waals surface area contributed by atoms with Crippen LogP contribution in [0.1, 0.15) is 51.5 Å². The van der Waals surface area contributed by atoms with E-state index < -0.39 is 6.04 Å². The molecule has 28 heavy (non-hydrogen) atoms. The fourth-order valence-electron chi connectivity index (χ4n) is 3.95. The quantitative estimate of drug-likeness (QED) is 0.761. The van der Waals surface area contributed by atoms with Gasteiger partial charge in [0.25, 0.3) is 0 Å². The van der Waals surface area contributed by atoms with Crippen molar-refractivity contribution in [3.8, 4) is 0 Å². The zero-order chi connectivity index (χ0) is 19.8. The molecule has 0 bridgehead atoms. The number of hydrogen-bond acceptors (Lipinski definition) is 5. The Morgan fingerprint density at radius 2 is 2.14 bits per heavy atom. The Labute approximate surface area is 165 Å². The van der Waals surface area contributed by atoms with E-state index >= 15 is 0 Å². The molecular formula is C22H26N4O2. The van der Waals surface area contributed by atoms with Gasteiger partial charge in [0.05, 0.1) is 11.4 Å². The number of piperidine rings is 1. The highest BCUT2D eigenvalue weighted by Crippen LogP contribution is 2.43. The topological polar surface area (TPSA) is 73.8 Å². The number of allylic oxidation sites excluding steroid dienone is 2. The Hall–Kier alpha value is -2.89. The molecule has 1 aromatic rings. The first-order valence-electron chi connectivity index (χ1n) is 9.97. The van der Waals surface area contributed by atoms with Gasteiger partial charge in [-0.1, -0.05) is 25.6 Å². The van der Waals surface area contributed by atoms with Gasteiger partial charge in [0, 0.05) is 23.4 Å². The largest absolute Gasteiger partial charge is 0.359 e. The van der Waals surface area contributed by atoms with E-state index in [2.05, 4.69) is 30.2 Å². The van der Waals surface area contributed by atoms with Crippen LogP contribution in [0.15, 0.2) is 41.5 Å². The molecule has 6 nitrogen and oxygen atoms in total. The van der Waals surface area contributed by atoms with Crippen molar-refractivity contribution in [3.63, 3.8) is 0 Å². The van der Waals surface area contributed by atoms with Crippen molar-refractivity contribution in [3.05, 3.63) is 42.1 Å². The highest BCUT2D eigenvalue weighted by atomic mass is 16.2. The summed E-state index contributed by atoms with van der Waals surface area (Å²) in [6.45, 7) is 8.19. The fourth-order valence-corrected chi connectivity index (χ4v) is 3.95. The first-order chi connectivity index (χ1) is 13.5. The minimum atomic E-state index is -0.438. The Morgan fingerprint density at radius 1 is 1.36 bits per heavy atom. The molecule has 1 atom stereocenters. The van der Waals surface area contributed by atoms with Crippen LogP contribution in [0.2, 0.25) is 0 Å². The average molecular weight is 378 g/mol. The summed E-state index contributed by atoms with van der Waals surface area (Å²) in [5, 5.41) is 5.96. The van der Waals surface area contributed by atoms with E-state index in [9.17, 15) is 9.59 Å². The van der Waals surface area contributed by atoms with Gasteiger partial charge in [0.2, 0.25) is 11.8 Å². The number of hydrogen-bond donors (Lipinski definition) is 2. The number of carbonyl (C=O) groups excluding carboxylic acids is 2. The van der Waals surface area contributed by atoms with E-state index in [0.717, 1.165) is 40.6 Å². The number of nitrogens with zero attached hydrogens (tertiary/aromatic N) is 2. The zero-order valence-corrected chi connectivity index (χ0v) is 16.4. The first kappa shape index (κ1) is 18.5. The summed E-state index contributed by atoms with van der Waals surface area (Å²) in [5.41, 5.74) is 4.83. The lowest BCUT2D eigenvalue weighted by atomic mass is 9.97. The number of benzene rings is 1. The van der Waals surface area contributed by atoms with Crippen molar-refractivity contribution in [2.75, 3.05) is 5.32 Å². The number of amides is 2. The van der Waals surface area contributed by atoms with Crippen molar-refractivity contribution < 1.29 is 9.59 Å². The molecular weight excluding hydrogens is 352 g/mol. The van der Waals surface area contributed by atoms with Crippen LogP contribution in [0.5, 0.6) is 0 Å². The zero-order valence-electron chi connectivity index (χ0n) is 16.4. The van der Waals surface area contributed by atoms with E-state index in [1.165, 1.54) is 12.8 Å². The lowest BCUT2D eigenvalue weighted by Crippen LogP contribution is -2.53. The summed E-state index contributed by atoms with van der Waals surface area (Å²) < 4.78 is 0. The first-order valence-corrected chi connectivity index (χ1v) is 9.97. The molecule has 0 spiro atoms. The lowest BCUT2D eigenvalue weighted by Gasteiger charge is -2.39. The van der Waals surface area contributed by atoms with Gasteiger partial charge in [-0.2, -0.15) is 0 Å². The van der Waals surface area contributed by atoms with Gasteiger partial charge in [0.15, 0.2) is 0 Å². The maximum atomic E-state index is 12.6. The summed E-state index contributed by atoms with van der Waals surface area (Å²) >= 11 is 0. The molecule has 146 valence electrons. The van der Waals surface area contributed by atoms with E-state index in [0.29, 0.717) is 18.8 Å². The number of amidine groups is 1. The highest BCUT2D eigenvalue weighted by molar-refractivity contribution is 6.06. The number of aliphatic imine (C=N–C) groups is 1. The van der Waals surface area contributed by atoms with Crippen molar-refractivity contribution in [1.82, 2.24) is 10.2 Å². The van der Waals surface area contributed by atoms with E-state index in [4.69, 9.17) is 4.99 Å². The molecule has 4 rings (SSSR count). The monoisotopic (exact) mass is 378 g/mol. The Balaban J connectivity index is 1.77. The third-order valence-corrected chi connectivity index (χ3v) is 5.47. The molecule has 3 aliphatic rings. The second-order valence-corrected chi connectivity index (χ2v) is 7.62. The van der Waals surface area contributed by atoms with Crippen molar-refractivity contribution in [2.24, 2.45) is 10.9 Å². The third kappa shape index (κ3) is 3.35. The molecule has 2 N–H and O–H groups in total. The fraction of sp³-hybridized carbons (Fsp3) is 0.409. The second-order valence-electron chi connectivity index (χ2n) is 7.62. The molecule has 1 aliphatic carbocycles. The van der Waals surface area contributed by atoms with E-state index in [1.807, 2.05) is 30.0 Å². The van der Waals surface area contributed by atoms with Crippen LogP contribution < -0.4 is 10.6 Å². The molecule has 2 fully saturated rings. The summed E-state index contributed by atoms with van der Waals surface area (Å²) in [6.07, 6.45) is 6.13. The molecule has 1 saturated carbocycles. The minimum Gasteiger partial charge on any atom is -0.359 e. The maximum Gasteiger partial charge on any atom is 0.249 e. The number of carbonyl (C=O) groups is 2. The summed E-state index contributed by atoms with van der Waals surface area (Å²) in [6, 6.07) is 5.58. The molecule has 1 aromatic carbocycles. The Bertz CT molecular complexity index is 911. The van der Waals surface area contributed by atoms with Gasteiger partial charge in [-0.05, 0) is 50.7 Å². The predicted molar refractivity (Wildman–Crippen MR) is 111 cm³/mol. The maximum absolute atomic E-state index is 12.6. The van der Waals surface area contributed by atoms with Crippen LogP contribution >= 0.6 is 0 Å². The van der Waals surface area contributed by atoms with Crippen molar-refractivity contribution in [1.29, 1.82) is 0 Å². The van der Waals surface area contributed by atoms with Gasteiger partial charge >= 0.3 is 0 Å². The van der Waals surface area contributed by atoms with Gasteiger partial charge in [-0.15, -0.1) is 0 Å². The van der Waals surface area contributed by atoms with Crippen LogP contribution in [-0.2, 0) is 9.59 Å². The van der Waals surface area contributed by atoms with Gasteiger partial charge in [-0.3, -0.25) is 14.9 Å². The van der Waals surface area contributed by atoms with Crippen LogP contribution in [-0.4, -0.2) is 28.6 Å². The number of rotatable bonds is 5. The summed E-state index contributed by atoms with van der Waals surface area (Å²) in [7, 11) is 0. The smallest absolute Gasteiger partial charge is 0.249 e. The molecule has 0 radical (unpaired) electrons. The van der Waals surface area contributed by atoms with Gasteiger partial charge in [-0.25, -0.2) is 4.99 Å². The lowest BCUT2D eigenvalue weighted by molar-refractivity contribution is -0.135. The Morgan fingerprint density at radius 3 is 2.82 bits per heavy atom. The van der Waals surface area contributed by atoms with Crippen LogP contribution in [0.25, 0.3) is 5.70 Å². The SMILES string of the molecule is C=C(Nc1cccc2c1/C(=C\CC)N(C1CCC(=O)NC1=O)C(C)=N2)C1CC1. The third-order valence-electron chi connectivity index (χ3n) is 5.47. The molecule has 1 saturated heterocycles. The van der Waals surface area contributed by atoms with Gasteiger partial charge < -0.3 is 10.2 Å². The average Bonchev–Trinajstić information content (AvgIpc) is 3.48. The highest BCUT2D eigenvalue weighted by Gasteiger charge is 2.37. The molecule has 1 unspecified atom stereocenters. The minimum absolute atomic E-state index is 0.211.